The number of hydrogen-bond donors (Lipinski definition) is 1. The molecule has 1 saturated heterocycles. The predicted octanol–water partition coefficient (Wildman–Crippen LogP) is 1.87. The summed E-state index contributed by atoms with van der Waals surface area (Å²) in [5.74, 6) is -1.14. The zero-order valence-electron chi connectivity index (χ0n) is 10.4. The smallest absolute Gasteiger partial charge is 0.339 e. The highest BCUT2D eigenvalue weighted by Gasteiger charge is 2.21. The molecule has 0 aromatic heterocycles. The molecule has 1 N–H and O–H groups in total. The number of hydrogen-bond acceptors (Lipinski definition) is 5. The normalized spacial score (nSPS) is 16.9. The first kappa shape index (κ1) is 15.1. The summed E-state index contributed by atoms with van der Waals surface area (Å²) in [7, 11) is 1.23. The Bertz CT molecular complexity index is 606. The van der Waals surface area contributed by atoms with Crippen LogP contribution in [0.3, 0.4) is 0 Å². The van der Waals surface area contributed by atoms with Crippen LogP contribution in [0.1, 0.15) is 23.2 Å². The van der Waals surface area contributed by atoms with Crippen LogP contribution in [0.15, 0.2) is 23.1 Å². The second kappa shape index (κ2) is 5.99. The minimum absolute atomic E-state index is 0.133. The molecule has 1 aromatic rings. The van der Waals surface area contributed by atoms with Crippen molar-refractivity contribution >= 4 is 25.7 Å². The van der Waals surface area contributed by atoms with Gasteiger partial charge in [0.25, 0.3) is 9.05 Å². The van der Waals surface area contributed by atoms with Crippen molar-refractivity contribution in [3.05, 3.63) is 23.8 Å². The van der Waals surface area contributed by atoms with Crippen LogP contribution in [0.4, 0.5) is 0 Å². The molecule has 0 saturated carbocycles. The van der Waals surface area contributed by atoms with Crippen LogP contribution in [0.25, 0.3) is 0 Å². The largest absolute Gasteiger partial charge is 0.489 e. The van der Waals surface area contributed by atoms with E-state index in [1.165, 1.54) is 12.1 Å². The van der Waals surface area contributed by atoms with E-state index in [0.29, 0.717) is 26.1 Å². The van der Waals surface area contributed by atoms with E-state index in [2.05, 4.69) is 0 Å². The Morgan fingerprint density at radius 1 is 1.35 bits per heavy atom. The van der Waals surface area contributed by atoms with Gasteiger partial charge in [-0.2, -0.15) is 0 Å². The maximum atomic E-state index is 11.2. The second-order valence-electron chi connectivity index (χ2n) is 4.33. The number of carbonyl (C=O) groups is 1. The van der Waals surface area contributed by atoms with Crippen molar-refractivity contribution in [3.8, 4) is 5.75 Å². The van der Waals surface area contributed by atoms with Gasteiger partial charge in [-0.25, -0.2) is 13.2 Å². The molecule has 2 rings (SSSR count). The Labute approximate surface area is 120 Å². The summed E-state index contributed by atoms with van der Waals surface area (Å²) in [4.78, 5) is 10.9. The maximum Gasteiger partial charge on any atom is 0.339 e. The first-order chi connectivity index (χ1) is 9.38. The quantitative estimate of drug-likeness (QED) is 0.852. The van der Waals surface area contributed by atoms with Gasteiger partial charge in [-0.05, 0) is 18.2 Å². The summed E-state index contributed by atoms with van der Waals surface area (Å²) in [5, 5.41) is 9.14. The van der Waals surface area contributed by atoms with Gasteiger partial charge in [0.05, 0.1) is 18.1 Å². The number of ether oxygens (including phenoxy) is 2. The van der Waals surface area contributed by atoms with Gasteiger partial charge < -0.3 is 14.6 Å². The first-order valence-electron chi connectivity index (χ1n) is 5.94. The number of carboxylic acid groups (broad SMARTS) is 1. The van der Waals surface area contributed by atoms with Crippen molar-refractivity contribution in [3.63, 3.8) is 0 Å². The van der Waals surface area contributed by atoms with E-state index in [-0.39, 0.29) is 22.3 Å². The van der Waals surface area contributed by atoms with Crippen LogP contribution in [0.5, 0.6) is 5.75 Å². The molecule has 20 heavy (non-hydrogen) atoms. The predicted molar refractivity (Wildman–Crippen MR) is 70.9 cm³/mol. The molecular formula is C12H13ClO6S. The van der Waals surface area contributed by atoms with E-state index in [0.717, 1.165) is 6.07 Å². The summed E-state index contributed by atoms with van der Waals surface area (Å²) in [6, 6.07) is 3.54. The molecule has 1 heterocycles. The number of benzene rings is 1. The highest BCUT2D eigenvalue weighted by atomic mass is 35.7. The lowest BCUT2D eigenvalue weighted by Gasteiger charge is -2.24. The zero-order chi connectivity index (χ0) is 14.8. The minimum Gasteiger partial charge on any atom is -0.489 e. The number of rotatable bonds is 4. The number of halogens is 1. The summed E-state index contributed by atoms with van der Waals surface area (Å²) in [5.41, 5.74) is -0.224. The average Bonchev–Trinajstić information content (AvgIpc) is 2.38. The summed E-state index contributed by atoms with van der Waals surface area (Å²) >= 11 is 0. The van der Waals surface area contributed by atoms with Crippen molar-refractivity contribution in [2.24, 2.45) is 0 Å². The van der Waals surface area contributed by atoms with Crippen molar-refractivity contribution in [2.45, 2.75) is 23.8 Å². The zero-order valence-corrected chi connectivity index (χ0v) is 12.0. The second-order valence-corrected chi connectivity index (χ2v) is 6.90. The fraction of sp³-hybridized carbons (Fsp3) is 0.417. The summed E-state index contributed by atoms with van der Waals surface area (Å²) in [6.07, 6.45) is 1.18. The molecule has 0 amide bonds. The SMILES string of the molecule is O=C(O)c1cc(S(=O)(=O)Cl)ccc1OC1CCOCC1. The van der Waals surface area contributed by atoms with Crippen LogP contribution in [0.2, 0.25) is 0 Å². The Morgan fingerprint density at radius 2 is 2.00 bits per heavy atom. The maximum absolute atomic E-state index is 11.2. The monoisotopic (exact) mass is 320 g/mol. The van der Waals surface area contributed by atoms with Gasteiger partial charge in [0.2, 0.25) is 0 Å². The molecule has 1 aliphatic rings. The topological polar surface area (TPSA) is 89.9 Å². The van der Waals surface area contributed by atoms with Crippen molar-refractivity contribution in [1.29, 1.82) is 0 Å². The lowest BCUT2D eigenvalue weighted by molar-refractivity contribution is 0.0248. The van der Waals surface area contributed by atoms with Crippen LogP contribution in [-0.2, 0) is 13.8 Å². The van der Waals surface area contributed by atoms with Gasteiger partial charge in [-0.1, -0.05) is 0 Å². The molecule has 0 radical (unpaired) electrons. The molecule has 0 aliphatic carbocycles. The van der Waals surface area contributed by atoms with E-state index in [4.69, 9.17) is 25.3 Å². The van der Waals surface area contributed by atoms with E-state index >= 15 is 0 Å². The van der Waals surface area contributed by atoms with E-state index in [9.17, 15) is 13.2 Å². The van der Waals surface area contributed by atoms with Gasteiger partial charge in [0, 0.05) is 23.5 Å². The highest BCUT2D eigenvalue weighted by Crippen LogP contribution is 2.27. The third-order valence-electron chi connectivity index (χ3n) is 2.92. The molecule has 1 fully saturated rings. The van der Waals surface area contributed by atoms with Crippen molar-refractivity contribution in [1.82, 2.24) is 0 Å². The Balaban J connectivity index is 2.30. The lowest BCUT2D eigenvalue weighted by atomic mass is 10.1. The van der Waals surface area contributed by atoms with Gasteiger partial charge in [0.1, 0.15) is 17.4 Å². The molecule has 0 spiro atoms. The van der Waals surface area contributed by atoms with Crippen molar-refractivity contribution in [2.75, 3.05) is 13.2 Å². The Kier molecular flexibility index (Phi) is 4.52. The average molecular weight is 321 g/mol. The lowest BCUT2D eigenvalue weighted by Crippen LogP contribution is -2.26. The third kappa shape index (κ3) is 3.62. The van der Waals surface area contributed by atoms with Gasteiger partial charge in [0.15, 0.2) is 0 Å². The molecule has 1 aliphatic heterocycles. The summed E-state index contributed by atoms with van der Waals surface area (Å²) < 4.78 is 33.3. The standard InChI is InChI=1S/C12H13ClO6S/c13-20(16,17)9-1-2-11(10(7-9)12(14)15)19-8-3-5-18-6-4-8/h1-2,7-8H,3-6H2,(H,14,15). The molecular weight excluding hydrogens is 308 g/mol. The van der Waals surface area contributed by atoms with Crippen LogP contribution in [0, 0.1) is 0 Å². The van der Waals surface area contributed by atoms with Crippen LogP contribution in [-0.4, -0.2) is 38.8 Å². The van der Waals surface area contributed by atoms with E-state index < -0.39 is 15.0 Å². The van der Waals surface area contributed by atoms with Crippen LogP contribution < -0.4 is 4.74 Å². The Morgan fingerprint density at radius 3 is 2.55 bits per heavy atom. The van der Waals surface area contributed by atoms with Crippen molar-refractivity contribution < 1.29 is 27.8 Å². The van der Waals surface area contributed by atoms with E-state index in [1.807, 2.05) is 0 Å². The third-order valence-corrected chi connectivity index (χ3v) is 4.28. The molecule has 1 aromatic carbocycles. The Hall–Kier alpha value is -1.31. The van der Waals surface area contributed by atoms with Gasteiger partial charge in [-0.15, -0.1) is 0 Å². The fourth-order valence-corrected chi connectivity index (χ4v) is 2.68. The fourth-order valence-electron chi connectivity index (χ4n) is 1.90. The number of aromatic carboxylic acids is 1. The first-order valence-corrected chi connectivity index (χ1v) is 8.25. The minimum atomic E-state index is -3.98. The highest BCUT2D eigenvalue weighted by molar-refractivity contribution is 8.13. The number of carboxylic acids is 1. The van der Waals surface area contributed by atoms with Gasteiger partial charge >= 0.3 is 5.97 Å². The molecule has 0 atom stereocenters. The van der Waals surface area contributed by atoms with Crippen LogP contribution >= 0.6 is 10.7 Å². The van der Waals surface area contributed by atoms with Gasteiger partial charge in [-0.3, -0.25) is 0 Å². The molecule has 8 heteroatoms. The molecule has 0 bridgehead atoms. The molecule has 0 unspecified atom stereocenters. The molecule has 110 valence electrons. The molecule has 6 nitrogen and oxygen atoms in total. The van der Waals surface area contributed by atoms with E-state index in [1.54, 1.807) is 0 Å². The summed E-state index contributed by atoms with van der Waals surface area (Å²) in [6.45, 7) is 1.11.